The highest BCUT2D eigenvalue weighted by atomic mass is 32.2. The Morgan fingerprint density at radius 3 is 2.32 bits per heavy atom. The molecule has 0 aliphatic carbocycles. The molecule has 0 unspecified atom stereocenters. The van der Waals surface area contributed by atoms with Gasteiger partial charge in [0.15, 0.2) is 14.7 Å². The number of likely N-dealkylation sites (tertiary alicyclic amines) is 1. The van der Waals surface area contributed by atoms with Crippen LogP contribution in [-0.2, 0) is 30.4 Å². The number of rotatable bonds is 7. The van der Waals surface area contributed by atoms with Crippen molar-refractivity contribution >= 4 is 25.8 Å². The summed E-state index contributed by atoms with van der Waals surface area (Å²) < 4.78 is 82.6. The highest BCUT2D eigenvalue weighted by molar-refractivity contribution is 7.91. The van der Waals surface area contributed by atoms with E-state index in [1.54, 1.807) is 6.07 Å². The molecule has 1 aliphatic heterocycles. The third-order valence-corrected chi connectivity index (χ3v) is 7.69. The summed E-state index contributed by atoms with van der Waals surface area (Å²) in [5.41, 5.74) is 0. The predicted molar refractivity (Wildman–Crippen MR) is 93.2 cm³/mol. The number of carbonyl (C=O) groups is 1. The summed E-state index contributed by atoms with van der Waals surface area (Å²) in [6.07, 6.45) is 1.35. The van der Waals surface area contributed by atoms with Crippen molar-refractivity contribution in [1.29, 1.82) is 0 Å². The Kier molecular flexibility index (Phi) is 5.55. The fourth-order valence-corrected chi connectivity index (χ4v) is 5.38. The molecule has 1 amide bonds. The number of halogens is 2. The number of amides is 1. The maximum absolute atomic E-state index is 13.6. The van der Waals surface area contributed by atoms with E-state index in [1.807, 2.05) is 4.72 Å². The maximum atomic E-state index is 13.6. The van der Waals surface area contributed by atoms with Crippen LogP contribution in [0.2, 0.25) is 0 Å². The number of sulfonamides is 1. The molecule has 0 atom stereocenters. The van der Waals surface area contributed by atoms with Crippen LogP contribution in [0, 0.1) is 11.6 Å². The predicted octanol–water partition coefficient (Wildman–Crippen LogP) is 0.662. The van der Waals surface area contributed by atoms with Crippen LogP contribution in [0.4, 0.5) is 8.78 Å². The number of hydrogen-bond donors (Lipinski definition) is 1. The Morgan fingerprint density at radius 2 is 1.75 bits per heavy atom. The van der Waals surface area contributed by atoms with Crippen molar-refractivity contribution in [3.05, 3.63) is 54.0 Å². The smallest absolute Gasteiger partial charge is 0.246 e. The summed E-state index contributed by atoms with van der Waals surface area (Å²) >= 11 is 0. The summed E-state index contributed by atoms with van der Waals surface area (Å²) in [6, 6.07) is 5.66. The molecule has 1 aromatic carbocycles. The second-order valence-electron chi connectivity index (χ2n) is 6.18. The van der Waals surface area contributed by atoms with Crippen LogP contribution in [0.25, 0.3) is 0 Å². The molecule has 1 fully saturated rings. The number of nitrogens with one attached hydrogen (secondary N) is 1. The van der Waals surface area contributed by atoms with Crippen molar-refractivity contribution in [2.24, 2.45) is 0 Å². The van der Waals surface area contributed by atoms with E-state index in [2.05, 4.69) is 0 Å². The van der Waals surface area contributed by atoms with E-state index >= 15 is 0 Å². The van der Waals surface area contributed by atoms with Gasteiger partial charge in [-0.3, -0.25) is 4.79 Å². The van der Waals surface area contributed by atoms with Crippen molar-refractivity contribution in [2.75, 3.05) is 19.6 Å². The van der Waals surface area contributed by atoms with Crippen LogP contribution in [0.3, 0.4) is 0 Å². The van der Waals surface area contributed by atoms with Gasteiger partial charge in [-0.15, -0.1) is 0 Å². The monoisotopic (exact) mass is 434 g/mol. The first-order chi connectivity index (χ1) is 13.1. The zero-order valence-corrected chi connectivity index (χ0v) is 16.0. The molecule has 12 heteroatoms. The summed E-state index contributed by atoms with van der Waals surface area (Å²) in [5, 5.41) is -0.790. The number of benzene rings is 1. The molecule has 1 aliphatic rings. The zero-order chi connectivity index (χ0) is 20.5. The molecule has 0 spiro atoms. The molecule has 28 heavy (non-hydrogen) atoms. The first-order valence-corrected chi connectivity index (χ1v) is 11.3. The molecular formula is C16H16F2N2O6S2. The minimum Gasteiger partial charge on any atom is -0.468 e. The largest absolute Gasteiger partial charge is 0.468 e. The van der Waals surface area contributed by atoms with Crippen molar-refractivity contribution in [3.8, 4) is 0 Å². The van der Waals surface area contributed by atoms with Crippen LogP contribution in [0.5, 0.6) is 0 Å². The molecule has 2 aromatic rings. The van der Waals surface area contributed by atoms with E-state index in [4.69, 9.17) is 4.42 Å². The molecular weight excluding hydrogens is 418 g/mol. The summed E-state index contributed by atoms with van der Waals surface area (Å²) in [6.45, 7) is -0.948. The molecule has 0 saturated carbocycles. The lowest BCUT2D eigenvalue weighted by atomic mass is 10.2. The Hall–Kier alpha value is -2.31. The van der Waals surface area contributed by atoms with Crippen LogP contribution in [0.15, 0.2) is 45.9 Å². The maximum Gasteiger partial charge on any atom is 0.246 e. The highest BCUT2D eigenvalue weighted by Gasteiger charge is 2.40. The molecule has 8 nitrogen and oxygen atoms in total. The van der Waals surface area contributed by atoms with Gasteiger partial charge in [0.05, 0.1) is 18.1 Å². The minimum absolute atomic E-state index is 0.0995. The first kappa shape index (κ1) is 20.4. The quantitative estimate of drug-likeness (QED) is 0.685. The number of hydrogen-bond acceptors (Lipinski definition) is 6. The lowest BCUT2D eigenvalue weighted by Crippen LogP contribution is -2.58. The zero-order valence-electron chi connectivity index (χ0n) is 14.3. The van der Waals surface area contributed by atoms with Crippen LogP contribution < -0.4 is 4.72 Å². The normalized spacial score (nSPS) is 15.4. The van der Waals surface area contributed by atoms with Gasteiger partial charge >= 0.3 is 0 Å². The van der Waals surface area contributed by atoms with Crippen molar-refractivity contribution in [2.45, 2.75) is 15.9 Å². The fourth-order valence-electron chi connectivity index (χ4n) is 2.66. The third-order valence-electron chi connectivity index (χ3n) is 4.23. The standard InChI is InChI=1S/C16H16F2N2O6S2/c17-13-4-1-5-14(18)16(13)28(24,25)19-7-15(21)20-8-12(9-20)27(22,23)10-11-3-2-6-26-11/h1-6,12,19H,7-10H2. The summed E-state index contributed by atoms with van der Waals surface area (Å²) in [4.78, 5) is 12.0. The lowest BCUT2D eigenvalue weighted by Gasteiger charge is -2.38. The highest BCUT2D eigenvalue weighted by Crippen LogP contribution is 2.21. The molecule has 152 valence electrons. The summed E-state index contributed by atoms with van der Waals surface area (Å²) in [7, 11) is -8.12. The van der Waals surface area contributed by atoms with E-state index in [-0.39, 0.29) is 24.6 Å². The average molecular weight is 434 g/mol. The number of sulfone groups is 1. The second kappa shape index (κ2) is 7.60. The van der Waals surface area contributed by atoms with Crippen LogP contribution in [-0.4, -0.2) is 52.5 Å². The van der Waals surface area contributed by atoms with Crippen LogP contribution in [0.1, 0.15) is 5.76 Å². The van der Waals surface area contributed by atoms with E-state index in [0.717, 1.165) is 23.1 Å². The molecule has 3 rings (SSSR count). The van der Waals surface area contributed by atoms with Crippen LogP contribution >= 0.6 is 0 Å². The molecule has 0 radical (unpaired) electrons. The van der Waals surface area contributed by atoms with Crippen molar-refractivity contribution in [3.63, 3.8) is 0 Å². The topological polar surface area (TPSA) is 114 Å². The Labute approximate surface area is 160 Å². The SMILES string of the molecule is O=C(CNS(=O)(=O)c1c(F)cccc1F)N1CC(S(=O)(=O)Cc2ccco2)C1. The van der Waals surface area contributed by atoms with Gasteiger partial charge in [0, 0.05) is 13.1 Å². The van der Waals surface area contributed by atoms with Gasteiger partial charge < -0.3 is 9.32 Å². The number of carbonyl (C=O) groups excluding carboxylic acids is 1. The molecule has 2 heterocycles. The van der Waals surface area contributed by atoms with Gasteiger partial charge in [-0.05, 0) is 24.3 Å². The van der Waals surface area contributed by atoms with Gasteiger partial charge in [0.25, 0.3) is 0 Å². The Balaban J connectivity index is 1.56. The second-order valence-corrected chi connectivity index (χ2v) is 10.2. The van der Waals surface area contributed by atoms with Gasteiger partial charge in [0.2, 0.25) is 15.9 Å². The number of furan rings is 1. The Morgan fingerprint density at radius 1 is 1.11 bits per heavy atom. The van der Waals surface area contributed by atoms with Gasteiger partial charge in [-0.2, -0.15) is 0 Å². The van der Waals surface area contributed by atoms with E-state index in [0.29, 0.717) is 0 Å². The van der Waals surface area contributed by atoms with E-state index in [9.17, 15) is 30.4 Å². The average Bonchev–Trinajstić information content (AvgIpc) is 3.03. The molecule has 1 saturated heterocycles. The summed E-state index contributed by atoms with van der Waals surface area (Å²) in [5.74, 6) is -3.29. The van der Waals surface area contributed by atoms with Gasteiger partial charge in [0.1, 0.15) is 23.1 Å². The van der Waals surface area contributed by atoms with Crippen molar-refractivity contribution in [1.82, 2.24) is 9.62 Å². The van der Waals surface area contributed by atoms with Gasteiger partial charge in [-0.1, -0.05) is 6.07 Å². The first-order valence-electron chi connectivity index (χ1n) is 8.05. The Bertz CT molecular complexity index is 1060. The number of nitrogens with zero attached hydrogens (tertiary/aromatic N) is 1. The molecule has 1 N–H and O–H groups in total. The lowest BCUT2D eigenvalue weighted by molar-refractivity contribution is -0.133. The third kappa shape index (κ3) is 4.23. The molecule has 0 bridgehead atoms. The van der Waals surface area contributed by atoms with E-state index in [1.165, 1.54) is 12.3 Å². The van der Waals surface area contributed by atoms with Crippen molar-refractivity contribution < 1.29 is 34.8 Å². The molecule has 1 aromatic heterocycles. The van der Waals surface area contributed by atoms with Gasteiger partial charge in [-0.25, -0.2) is 30.3 Å². The fraction of sp³-hybridized carbons (Fsp3) is 0.312. The minimum atomic E-state index is -4.59. The van der Waals surface area contributed by atoms with E-state index < -0.39 is 54.1 Å².